The van der Waals surface area contributed by atoms with E-state index in [1.807, 2.05) is 6.92 Å². The van der Waals surface area contributed by atoms with Gasteiger partial charge in [0.1, 0.15) is 5.69 Å². The minimum Gasteiger partial charge on any atom is -0.477 e. The zero-order chi connectivity index (χ0) is 12.0. The van der Waals surface area contributed by atoms with E-state index in [2.05, 4.69) is 10.3 Å². The van der Waals surface area contributed by atoms with E-state index in [0.717, 1.165) is 0 Å². The van der Waals surface area contributed by atoms with Gasteiger partial charge in [-0.15, -0.1) is 0 Å². The summed E-state index contributed by atoms with van der Waals surface area (Å²) in [6.07, 6.45) is 1.43. The topological polar surface area (TPSA) is 79.3 Å². The van der Waals surface area contributed by atoms with E-state index in [0.29, 0.717) is 23.7 Å². The first-order chi connectivity index (χ1) is 7.63. The second-order valence-electron chi connectivity index (χ2n) is 3.09. The van der Waals surface area contributed by atoms with Crippen LogP contribution in [0.2, 0.25) is 0 Å². The van der Waals surface area contributed by atoms with Gasteiger partial charge in [-0.2, -0.15) is 0 Å². The third kappa shape index (κ3) is 3.98. The average molecular weight is 242 g/mol. The minimum atomic E-state index is -1.05. The molecule has 1 rings (SSSR count). The van der Waals surface area contributed by atoms with Crippen molar-refractivity contribution in [2.75, 3.05) is 23.4 Å². The number of rotatable bonds is 6. The maximum absolute atomic E-state index is 11.1. The Kier molecular flexibility index (Phi) is 4.91. The van der Waals surface area contributed by atoms with Crippen LogP contribution in [0.4, 0.5) is 5.69 Å². The predicted molar refractivity (Wildman–Crippen MR) is 63.2 cm³/mol. The molecule has 0 radical (unpaired) electrons. The molecule has 1 unspecified atom stereocenters. The van der Waals surface area contributed by atoms with Gasteiger partial charge < -0.3 is 10.4 Å². The van der Waals surface area contributed by atoms with Gasteiger partial charge in [0, 0.05) is 40.7 Å². The van der Waals surface area contributed by atoms with E-state index in [9.17, 15) is 9.00 Å². The fourth-order valence-electron chi connectivity index (χ4n) is 1.11. The van der Waals surface area contributed by atoms with Crippen molar-refractivity contribution in [3.05, 3.63) is 24.0 Å². The number of pyridine rings is 1. The molecular formula is C10H14N2O3S. The molecular weight excluding hydrogens is 228 g/mol. The van der Waals surface area contributed by atoms with Gasteiger partial charge in [0.15, 0.2) is 0 Å². The zero-order valence-electron chi connectivity index (χ0n) is 8.97. The molecule has 0 aliphatic carbocycles. The number of aromatic nitrogens is 1. The van der Waals surface area contributed by atoms with Crippen molar-refractivity contribution in [2.24, 2.45) is 0 Å². The molecule has 0 aromatic carbocycles. The molecule has 0 fully saturated rings. The largest absolute Gasteiger partial charge is 0.477 e. The van der Waals surface area contributed by atoms with Gasteiger partial charge in [-0.3, -0.25) is 4.21 Å². The van der Waals surface area contributed by atoms with Crippen molar-refractivity contribution in [1.29, 1.82) is 0 Å². The molecule has 5 nitrogen and oxygen atoms in total. The summed E-state index contributed by atoms with van der Waals surface area (Å²) in [4.78, 5) is 14.3. The summed E-state index contributed by atoms with van der Waals surface area (Å²) in [7, 11) is -0.809. The van der Waals surface area contributed by atoms with Gasteiger partial charge in [0.2, 0.25) is 0 Å². The lowest BCUT2D eigenvalue weighted by atomic mass is 10.3. The summed E-state index contributed by atoms with van der Waals surface area (Å²) in [5.41, 5.74) is 0.683. The van der Waals surface area contributed by atoms with E-state index in [1.54, 1.807) is 6.07 Å². The molecule has 2 N–H and O–H groups in total. The number of anilines is 1. The second kappa shape index (κ2) is 6.22. The standard InChI is InChI=1S/C10H14N2O3S/c1-2-16(15)6-5-11-8-3-4-12-9(7-8)10(13)14/h3-4,7H,2,5-6H2,1H3,(H,11,12)(H,13,14). The lowest BCUT2D eigenvalue weighted by Gasteiger charge is -2.05. The summed E-state index contributed by atoms with van der Waals surface area (Å²) in [5.74, 6) is 0.139. The molecule has 0 aliphatic heterocycles. The summed E-state index contributed by atoms with van der Waals surface area (Å²) >= 11 is 0. The molecule has 0 bridgehead atoms. The normalized spacial score (nSPS) is 12.1. The number of hydrogen-bond acceptors (Lipinski definition) is 4. The Bertz CT molecular complexity index is 395. The fraction of sp³-hybridized carbons (Fsp3) is 0.400. The number of carboxylic acids is 1. The highest BCUT2D eigenvalue weighted by Crippen LogP contribution is 2.07. The van der Waals surface area contributed by atoms with Crippen LogP contribution in [-0.4, -0.2) is 38.3 Å². The molecule has 88 valence electrons. The van der Waals surface area contributed by atoms with Gasteiger partial charge >= 0.3 is 5.97 Å². The molecule has 0 amide bonds. The highest BCUT2D eigenvalue weighted by atomic mass is 32.2. The maximum atomic E-state index is 11.1. The van der Waals surface area contributed by atoms with Gasteiger partial charge in [0.25, 0.3) is 0 Å². The van der Waals surface area contributed by atoms with Gasteiger partial charge in [-0.05, 0) is 12.1 Å². The van der Waals surface area contributed by atoms with Crippen LogP contribution in [0, 0.1) is 0 Å². The minimum absolute atomic E-state index is 0.00149. The van der Waals surface area contributed by atoms with Crippen LogP contribution < -0.4 is 5.32 Å². The average Bonchev–Trinajstić information content (AvgIpc) is 2.29. The number of aromatic carboxylic acids is 1. The Morgan fingerprint density at radius 3 is 3.00 bits per heavy atom. The second-order valence-corrected chi connectivity index (χ2v) is 4.96. The molecule has 0 aliphatic rings. The SMILES string of the molecule is CCS(=O)CCNc1ccnc(C(=O)O)c1. The van der Waals surface area contributed by atoms with Crippen molar-refractivity contribution in [1.82, 2.24) is 4.98 Å². The number of hydrogen-bond donors (Lipinski definition) is 2. The third-order valence-electron chi connectivity index (χ3n) is 1.96. The van der Waals surface area contributed by atoms with Crippen molar-refractivity contribution in [3.63, 3.8) is 0 Å². The Hall–Kier alpha value is -1.43. The summed E-state index contributed by atoms with van der Waals surface area (Å²) in [6.45, 7) is 2.43. The number of carbonyl (C=O) groups is 1. The highest BCUT2D eigenvalue weighted by Gasteiger charge is 2.04. The van der Waals surface area contributed by atoms with Crippen LogP contribution in [0.15, 0.2) is 18.3 Å². The van der Waals surface area contributed by atoms with E-state index >= 15 is 0 Å². The molecule has 0 spiro atoms. The summed E-state index contributed by atoms with van der Waals surface area (Å²) in [5, 5.41) is 11.7. The Labute approximate surface area is 96.4 Å². The Morgan fingerprint density at radius 2 is 2.38 bits per heavy atom. The molecule has 1 heterocycles. The van der Waals surface area contributed by atoms with Crippen LogP contribution in [-0.2, 0) is 10.8 Å². The molecule has 16 heavy (non-hydrogen) atoms. The van der Waals surface area contributed by atoms with E-state index < -0.39 is 16.8 Å². The Balaban J connectivity index is 2.51. The van der Waals surface area contributed by atoms with Crippen LogP contribution in [0.1, 0.15) is 17.4 Å². The predicted octanol–water partition coefficient (Wildman–Crippen LogP) is 0.960. The number of nitrogens with zero attached hydrogens (tertiary/aromatic N) is 1. The van der Waals surface area contributed by atoms with Crippen molar-refractivity contribution in [2.45, 2.75) is 6.92 Å². The van der Waals surface area contributed by atoms with Crippen molar-refractivity contribution < 1.29 is 14.1 Å². The zero-order valence-corrected chi connectivity index (χ0v) is 9.79. The number of carboxylic acid groups (broad SMARTS) is 1. The van der Waals surface area contributed by atoms with Crippen LogP contribution >= 0.6 is 0 Å². The van der Waals surface area contributed by atoms with Crippen LogP contribution in [0.25, 0.3) is 0 Å². The van der Waals surface area contributed by atoms with Crippen LogP contribution in [0.5, 0.6) is 0 Å². The van der Waals surface area contributed by atoms with Crippen molar-refractivity contribution in [3.8, 4) is 0 Å². The van der Waals surface area contributed by atoms with Crippen LogP contribution in [0.3, 0.4) is 0 Å². The molecule has 0 saturated carbocycles. The molecule has 0 saturated heterocycles. The first-order valence-electron chi connectivity index (χ1n) is 4.91. The smallest absolute Gasteiger partial charge is 0.354 e. The quantitative estimate of drug-likeness (QED) is 0.776. The molecule has 6 heteroatoms. The third-order valence-corrected chi connectivity index (χ3v) is 3.26. The van der Waals surface area contributed by atoms with Gasteiger partial charge in [0.05, 0.1) is 0 Å². The van der Waals surface area contributed by atoms with E-state index in [1.165, 1.54) is 12.3 Å². The first kappa shape index (κ1) is 12.6. The number of nitrogens with one attached hydrogen (secondary N) is 1. The first-order valence-corrected chi connectivity index (χ1v) is 6.40. The fourth-order valence-corrected chi connectivity index (χ4v) is 1.73. The highest BCUT2D eigenvalue weighted by molar-refractivity contribution is 7.84. The summed E-state index contributed by atoms with van der Waals surface area (Å²) in [6, 6.07) is 3.14. The lowest BCUT2D eigenvalue weighted by molar-refractivity contribution is 0.0690. The van der Waals surface area contributed by atoms with Gasteiger partial charge in [-0.25, -0.2) is 9.78 Å². The summed E-state index contributed by atoms with van der Waals surface area (Å²) < 4.78 is 11.1. The molecule has 1 atom stereocenters. The lowest BCUT2D eigenvalue weighted by Crippen LogP contribution is -2.12. The van der Waals surface area contributed by atoms with E-state index in [-0.39, 0.29) is 5.69 Å². The monoisotopic (exact) mass is 242 g/mol. The van der Waals surface area contributed by atoms with E-state index in [4.69, 9.17) is 5.11 Å². The van der Waals surface area contributed by atoms with Crippen molar-refractivity contribution >= 4 is 22.5 Å². The molecule has 1 aromatic heterocycles. The maximum Gasteiger partial charge on any atom is 0.354 e. The Morgan fingerprint density at radius 1 is 1.62 bits per heavy atom. The molecule has 1 aromatic rings. The van der Waals surface area contributed by atoms with Gasteiger partial charge in [-0.1, -0.05) is 6.92 Å².